The summed E-state index contributed by atoms with van der Waals surface area (Å²) < 4.78 is 5.54. The standard InChI is InChI=1S/C21H27N3O2/c1-17(2)21(25)26-19-9-6-11-22-20(19)24-15-13-23(14-16-24)12-10-18-7-4-3-5-8-18/h3-9,11,17H,10,12-16H2,1-2H3. The summed E-state index contributed by atoms with van der Waals surface area (Å²) in [6, 6.07) is 14.2. The van der Waals surface area contributed by atoms with E-state index in [2.05, 4.69) is 45.1 Å². The lowest BCUT2D eigenvalue weighted by Gasteiger charge is -2.35. The predicted molar refractivity (Wildman–Crippen MR) is 104 cm³/mol. The second-order valence-electron chi connectivity index (χ2n) is 6.97. The van der Waals surface area contributed by atoms with Gasteiger partial charge in [0.05, 0.1) is 5.92 Å². The van der Waals surface area contributed by atoms with Gasteiger partial charge in [0.15, 0.2) is 11.6 Å². The molecule has 5 heteroatoms. The number of hydrogen-bond acceptors (Lipinski definition) is 5. The first-order chi connectivity index (χ1) is 12.6. The Kier molecular flexibility index (Phi) is 6.23. The number of benzene rings is 1. The average Bonchev–Trinajstić information content (AvgIpc) is 2.68. The van der Waals surface area contributed by atoms with E-state index in [4.69, 9.17) is 4.74 Å². The van der Waals surface area contributed by atoms with E-state index in [-0.39, 0.29) is 11.9 Å². The molecule has 1 aromatic carbocycles. The van der Waals surface area contributed by atoms with E-state index in [1.807, 2.05) is 26.0 Å². The van der Waals surface area contributed by atoms with Crippen molar-refractivity contribution in [2.45, 2.75) is 20.3 Å². The van der Waals surface area contributed by atoms with Gasteiger partial charge in [-0.25, -0.2) is 4.98 Å². The molecule has 1 fully saturated rings. The van der Waals surface area contributed by atoms with Crippen LogP contribution in [-0.2, 0) is 11.2 Å². The predicted octanol–water partition coefficient (Wildman–Crippen LogP) is 3.01. The van der Waals surface area contributed by atoms with Crippen molar-refractivity contribution in [3.8, 4) is 5.75 Å². The minimum absolute atomic E-state index is 0.155. The first-order valence-corrected chi connectivity index (χ1v) is 9.31. The lowest BCUT2D eigenvalue weighted by molar-refractivity contribution is -0.137. The minimum atomic E-state index is -0.222. The van der Waals surface area contributed by atoms with Gasteiger partial charge in [0.1, 0.15) is 0 Å². The van der Waals surface area contributed by atoms with Crippen molar-refractivity contribution in [2.24, 2.45) is 5.92 Å². The smallest absolute Gasteiger partial charge is 0.313 e. The quantitative estimate of drug-likeness (QED) is 0.747. The molecule has 5 nitrogen and oxygen atoms in total. The zero-order chi connectivity index (χ0) is 18.4. The van der Waals surface area contributed by atoms with Crippen LogP contribution in [0.3, 0.4) is 0 Å². The highest BCUT2D eigenvalue weighted by Crippen LogP contribution is 2.27. The topological polar surface area (TPSA) is 45.7 Å². The molecule has 0 spiro atoms. The third kappa shape index (κ3) is 4.82. The Morgan fingerprint density at radius 3 is 2.50 bits per heavy atom. The molecule has 1 aliphatic heterocycles. The number of pyridine rings is 1. The molecule has 1 aromatic heterocycles. The number of carbonyl (C=O) groups excluding carboxylic acids is 1. The number of ether oxygens (including phenoxy) is 1. The molecule has 0 radical (unpaired) electrons. The zero-order valence-corrected chi connectivity index (χ0v) is 15.6. The van der Waals surface area contributed by atoms with Crippen LogP contribution in [0.5, 0.6) is 5.75 Å². The van der Waals surface area contributed by atoms with Crippen LogP contribution in [0.25, 0.3) is 0 Å². The monoisotopic (exact) mass is 353 g/mol. The van der Waals surface area contributed by atoms with Crippen molar-refractivity contribution in [1.82, 2.24) is 9.88 Å². The Bertz CT molecular complexity index is 710. The largest absolute Gasteiger partial charge is 0.422 e. The zero-order valence-electron chi connectivity index (χ0n) is 15.6. The number of aromatic nitrogens is 1. The second-order valence-corrected chi connectivity index (χ2v) is 6.97. The maximum absolute atomic E-state index is 11.9. The molecular weight excluding hydrogens is 326 g/mol. The fourth-order valence-electron chi connectivity index (χ4n) is 3.04. The summed E-state index contributed by atoms with van der Waals surface area (Å²) in [6.45, 7) is 8.49. The van der Waals surface area contributed by atoms with Crippen LogP contribution in [-0.4, -0.2) is 48.6 Å². The van der Waals surface area contributed by atoms with E-state index in [0.29, 0.717) is 5.75 Å². The molecule has 2 aromatic rings. The first kappa shape index (κ1) is 18.4. The average molecular weight is 353 g/mol. The van der Waals surface area contributed by atoms with Crippen molar-refractivity contribution in [3.63, 3.8) is 0 Å². The first-order valence-electron chi connectivity index (χ1n) is 9.31. The molecule has 26 heavy (non-hydrogen) atoms. The summed E-state index contributed by atoms with van der Waals surface area (Å²) in [5, 5.41) is 0. The van der Waals surface area contributed by atoms with Gasteiger partial charge in [-0.15, -0.1) is 0 Å². The van der Waals surface area contributed by atoms with Crippen LogP contribution in [0, 0.1) is 5.92 Å². The van der Waals surface area contributed by atoms with E-state index in [9.17, 15) is 4.79 Å². The third-order valence-electron chi connectivity index (χ3n) is 4.66. The number of nitrogens with zero attached hydrogens (tertiary/aromatic N) is 3. The normalized spacial score (nSPS) is 15.3. The molecule has 3 rings (SSSR count). The van der Waals surface area contributed by atoms with Crippen molar-refractivity contribution in [1.29, 1.82) is 0 Å². The molecule has 1 aliphatic rings. The van der Waals surface area contributed by atoms with E-state index in [1.54, 1.807) is 6.20 Å². The highest BCUT2D eigenvalue weighted by Gasteiger charge is 2.22. The number of hydrogen-bond donors (Lipinski definition) is 0. The van der Waals surface area contributed by atoms with E-state index in [0.717, 1.165) is 45.0 Å². The highest BCUT2D eigenvalue weighted by molar-refractivity contribution is 5.76. The molecule has 2 heterocycles. The number of carbonyl (C=O) groups is 1. The Morgan fingerprint density at radius 1 is 1.08 bits per heavy atom. The van der Waals surface area contributed by atoms with Crippen LogP contribution in [0.4, 0.5) is 5.82 Å². The number of piperazine rings is 1. The Morgan fingerprint density at radius 2 is 1.81 bits per heavy atom. The molecule has 1 saturated heterocycles. The molecule has 0 amide bonds. The van der Waals surface area contributed by atoms with Crippen molar-refractivity contribution in [2.75, 3.05) is 37.6 Å². The molecule has 138 valence electrons. The SMILES string of the molecule is CC(C)C(=O)Oc1cccnc1N1CCN(CCc2ccccc2)CC1. The Hall–Kier alpha value is -2.40. The van der Waals surface area contributed by atoms with Gasteiger partial charge in [-0.2, -0.15) is 0 Å². The molecule has 0 bridgehead atoms. The molecule has 0 unspecified atom stereocenters. The summed E-state index contributed by atoms with van der Waals surface area (Å²) in [5.41, 5.74) is 1.38. The van der Waals surface area contributed by atoms with Crippen molar-refractivity contribution < 1.29 is 9.53 Å². The summed E-state index contributed by atoms with van der Waals surface area (Å²) in [6.07, 6.45) is 2.82. The van der Waals surface area contributed by atoms with Gasteiger partial charge >= 0.3 is 5.97 Å². The fraction of sp³-hybridized carbons (Fsp3) is 0.429. The Labute approximate surface area is 155 Å². The van der Waals surface area contributed by atoms with Crippen LogP contribution in [0.15, 0.2) is 48.7 Å². The molecule has 0 aliphatic carbocycles. The van der Waals surface area contributed by atoms with Gasteiger partial charge in [0.25, 0.3) is 0 Å². The number of rotatable bonds is 6. The maximum atomic E-state index is 11.9. The third-order valence-corrected chi connectivity index (χ3v) is 4.66. The van der Waals surface area contributed by atoms with Gasteiger partial charge in [-0.05, 0) is 24.1 Å². The lowest BCUT2D eigenvalue weighted by atomic mass is 10.1. The van der Waals surface area contributed by atoms with Gasteiger partial charge < -0.3 is 9.64 Å². The van der Waals surface area contributed by atoms with Gasteiger partial charge in [-0.1, -0.05) is 44.2 Å². The maximum Gasteiger partial charge on any atom is 0.313 e. The van der Waals surface area contributed by atoms with Gasteiger partial charge in [0, 0.05) is 38.9 Å². The van der Waals surface area contributed by atoms with E-state index < -0.39 is 0 Å². The molecule has 0 N–H and O–H groups in total. The fourth-order valence-corrected chi connectivity index (χ4v) is 3.04. The molecular formula is C21H27N3O2. The number of esters is 1. The van der Waals surface area contributed by atoms with Crippen LogP contribution in [0.2, 0.25) is 0 Å². The minimum Gasteiger partial charge on any atom is -0.422 e. The van der Waals surface area contributed by atoms with E-state index >= 15 is 0 Å². The van der Waals surface area contributed by atoms with Crippen LogP contribution >= 0.6 is 0 Å². The highest BCUT2D eigenvalue weighted by atomic mass is 16.5. The molecule has 0 atom stereocenters. The van der Waals surface area contributed by atoms with Crippen molar-refractivity contribution in [3.05, 3.63) is 54.2 Å². The summed E-state index contributed by atoms with van der Waals surface area (Å²) in [5.74, 6) is 0.951. The summed E-state index contributed by atoms with van der Waals surface area (Å²) in [7, 11) is 0. The van der Waals surface area contributed by atoms with Gasteiger partial charge in [0.2, 0.25) is 0 Å². The van der Waals surface area contributed by atoms with Crippen molar-refractivity contribution >= 4 is 11.8 Å². The lowest BCUT2D eigenvalue weighted by Crippen LogP contribution is -2.47. The van der Waals surface area contributed by atoms with Crippen LogP contribution < -0.4 is 9.64 Å². The molecule has 0 saturated carbocycles. The van der Waals surface area contributed by atoms with Crippen LogP contribution in [0.1, 0.15) is 19.4 Å². The summed E-state index contributed by atoms with van der Waals surface area (Å²) in [4.78, 5) is 21.1. The second kappa shape index (κ2) is 8.81. The summed E-state index contributed by atoms with van der Waals surface area (Å²) >= 11 is 0. The Balaban J connectivity index is 1.55. The van der Waals surface area contributed by atoms with E-state index in [1.165, 1.54) is 5.56 Å². The number of anilines is 1. The van der Waals surface area contributed by atoms with Gasteiger partial charge in [-0.3, -0.25) is 9.69 Å².